The standard InChI is InChI=1S/C10H12F3NO2/c11-10(12,13)8-3-1-4-9(7-8)15-5-2-6-16-14/h1,3-4,7H,2,5-6,14H2. The second-order valence-electron chi connectivity index (χ2n) is 3.10. The van der Waals surface area contributed by atoms with E-state index in [2.05, 4.69) is 4.84 Å². The van der Waals surface area contributed by atoms with Crippen molar-refractivity contribution in [3.05, 3.63) is 29.8 Å². The molecule has 1 aromatic rings. The zero-order chi connectivity index (χ0) is 12.0. The van der Waals surface area contributed by atoms with Crippen LogP contribution in [0.1, 0.15) is 12.0 Å². The van der Waals surface area contributed by atoms with Gasteiger partial charge in [-0.1, -0.05) is 6.07 Å². The Labute approximate surface area is 90.9 Å². The summed E-state index contributed by atoms with van der Waals surface area (Å²) in [4.78, 5) is 4.30. The molecule has 0 bridgehead atoms. The third-order valence-corrected chi connectivity index (χ3v) is 1.84. The molecule has 0 amide bonds. The molecule has 90 valence electrons. The van der Waals surface area contributed by atoms with E-state index in [0.29, 0.717) is 13.0 Å². The first kappa shape index (κ1) is 12.8. The quantitative estimate of drug-likeness (QED) is 0.629. The van der Waals surface area contributed by atoms with E-state index >= 15 is 0 Å². The van der Waals surface area contributed by atoms with Crippen molar-refractivity contribution in [2.45, 2.75) is 12.6 Å². The van der Waals surface area contributed by atoms with Gasteiger partial charge in [-0.3, -0.25) is 0 Å². The van der Waals surface area contributed by atoms with Gasteiger partial charge in [0, 0.05) is 6.42 Å². The average Bonchev–Trinajstić information content (AvgIpc) is 2.24. The Bertz CT molecular complexity index is 328. The normalized spacial score (nSPS) is 11.5. The fraction of sp³-hybridized carbons (Fsp3) is 0.400. The Morgan fingerprint density at radius 2 is 1.94 bits per heavy atom. The monoisotopic (exact) mass is 235 g/mol. The van der Waals surface area contributed by atoms with Gasteiger partial charge in [0.05, 0.1) is 18.8 Å². The van der Waals surface area contributed by atoms with Crippen LogP contribution in [-0.4, -0.2) is 13.2 Å². The maximum atomic E-state index is 12.3. The van der Waals surface area contributed by atoms with Crippen LogP contribution in [0.4, 0.5) is 13.2 Å². The number of alkyl halides is 3. The minimum Gasteiger partial charge on any atom is -0.493 e. The largest absolute Gasteiger partial charge is 0.493 e. The third kappa shape index (κ3) is 4.08. The molecule has 1 rings (SSSR count). The number of ether oxygens (including phenoxy) is 1. The number of hydrogen-bond donors (Lipinski definition) is 1. The van der Waals surface area contributed by atoms with Crippen molar-refractivity contribution in [3.63, 3.8) is 0 Å². The molecule has 3 nitrogen and oxygen atoms in total. The van der Waals surface area contributed by atoms with Gasteiger partial charge in [0.25, 0.3) is 0 Å². The SMILES string of the molecule is NOCCCOc1cccc(C(F)(F)F)c1. The maximum Gasteiger partial charge on any atom is 0.416 e. The molecule has 6 heteroatoms. The van der Waals surface area contributed by atoms with Crippen LogP contribution < -0.4 is 10.6 Å². The van der Waals surface area contributed by atoms with Crippen molar-refractivity contribution in [1.29, 1.82) is 0 Å². The Kier molecular flexibility index (Phi) is 4.57. The zero-order valence-electron chi connectivity index (χ0n) is 8.46. The highest BCUT2D eigenvalue weighted by molar-refractivity contribution is 5.30. The summed E-state index contributed by atoms with van der Waals surface area (Å²) in [7, 11) is 0. The van der Waals surface area contributed by atoms with Crippen LogP contribution in [0.3, 0.4) is 0 Å². The van der Waals surface area contributed by atoms with Crippen LogP contribution in [-0.2, 0) is 11.0 Å². The summed E-state index contributed by atoms with van der Waals surface area (Å²) >= 11 is 0. The summed E-state index contributed by atoms with van der Waals surface area (Å²) in [5.74, 6) is 4.97. The lowest BCUT2D eigenvalue weighted by Crippen LogP contribution is -2.08. The number of hydrogen-bond acceptors (Lipinski definition) is 3. The first-order chi connectivity index (χ1) is 7.54. The van der Waals surface area contributed by atoms with E-state index < -0.39 is 11.7 Å². The summed E-state index contributed by atoms with van der Waals surface area (Å²) in [5, 5.41) is 0. The van der Waals surface area contributed by atoms with Crippen molar-refractivity contribution in [2.75, 3.05) is 13.2 Å². The van der Waals surface area contributed by atoms with Crippen molar-refractivity contribution >= 4 is 0 Å². The zero-order valence-corrected chi connectivity index (χ0v) is 8.46. The van der Waals surface area contributed by atoms with Gasteiger partial charge in [-0.15, -0.1) is 0 Å². The summed E-state index contributed by atoms with van der Waals surface area (Å²) in [5.41, 5.74) is -0.722. The van der Waals surface area contributed by atoms with Gasteiger partial charge >= 0.3 is 6.18 Å². The van der Waals surface area contributed by atoms with Crippen molar-refractivity contribution in [2.24, 2.45) is 5.90 Å². The predicted molar refractivity (Wildman–Crippen MR) is 51.7 cm³/mol. The van der Waals surface area contributed by atoms with Gasteiger partial charge in [-0.2, -0.15) is 13.2 Å². The van der Waals surface area contributed by atoms with Crippen molar-refractivity contribution in [1.82, 2.24) is 0 Å². The highest BCUT2D eigenvalue weighted by Crippen LogP contribution is 2.31. The summed E-state index contributed by atoms with van der Waals surface area (Å²) in [6.45, 7) is 0.567. The van der Waals surface area contributed by atoms with Crippen LogP contribution >= 0.6 is 0 Å². The molecule has 0 aliphatic rings. The molecule has 1 aromatic carbocycles. The number of benzene rings is 1. The minimum atomic E-state index is -4.35. The highest BCUT2D eigenvalue weighted by atomic mass is 19.4. The lowest BCUT2D eigenvalue weighted by molar-refractivity contribution is -0.137. The molecule has 0 aromatic heterocycles. The Balaban J connectivity index is 2.54. The van der Waals surface area contributed by atoms with Crippen LogP contribution in [0.25, 0.3) is 0 Å². The molecule has 0 unspecified atom stereocenters. The molecule has 0 heterocycles. The van der Waals surface area contributed by atoms with Crippen LogP contribution in [0, 0.1) is 0 Å². The average molecular weight is 235 g/mol. The first-order valence-corrected chi connectivity index (χ1v) is 4.66. The van der Waals surface area contributed by atoms with Crippen molar-refractivity contribution < 1.29 is 22.7 Å². The third-order valence-electron chi connectivity index (χ3n) is 1.84. The minimum absolute atomic E-state index is 0.187. The van der Waals surface area contributed by atoms with E-state index in [1.165, 1.54) is 12.1 Å². The molecule has 2 N–H and O–H groups in total. The molecular weight excluding hydrogens is 223 g/mol. The first-order valence-electron chi connectivity index (χ1n) is 4.66. The molecule has 0 aliphatic heterocycles. The molecule has 0 spiro atoms. The predicted octanol–water partition coefficient (Wildman–Crippen LogP) is 2.36. The van der Waals surface area contributed by atoms with E-state index in [0.717, 1.165) is 12.1 Å². The summed E-state index contributed by atoms with van der Waals surface area (Å²) in [6, 6.07) is 4.73. The van der Waals surface area contributed by atoms with Crippen molar-refractivity contribution in [3.8, 4) is 5.75 Å². The molecule has 0 aliphatic carbocycles. The fourth-order valence-corrected chi connectivity index (χ4v) is 1.09. The smallest absolute Gasteiger partial charge is 0.416 e. The van der Waals surface area contributed by atoms with Crippen LogP contribution in [0.5, 0.6) is 5.75 Å². The molecule has 0 radical (unpaired) electrons. The molecule has 0 saturated carbocycles. The maximum absolute atomic E-state index is 12.3. The Hall–Kier alpha value is -1.27. The highest BCUT2D eigenvalue weighted by Gasteiger charge is 2.30. The molecular formula is C10H12F3NO2. The second-order valence-corrected chi connectivity index (χ2v) is 3.10. The van der Waals surface area contributed by atoms with Gasteiger partial charge in [0.2, 0.25) is 0 Å². The van der Waals surface area contributed by atoms with Crippen LogP contribution in [0.2, 0.25) is 0 Å². The summed E-state index contributed by atoms with van der Waals surface area (Å²) in [6.07, 6.45) is -3.83. The van der Waals surface area contributed by atoms with E-state index in [-0.39, 0.29) is 12.4 Å². The second kappa shape index (κ2) is 5.72. The van der Waals surface area contributed by atoms with Gasteiger partial charge in [0.15, 0.2) is 0 Å². The molecule has 0 atom stereocenters. The molecule has 0 fully saturated rings. The topological polar surface area (TPSA) is 44.5 Å². The molecule has 16 heavy (non-hydrogen) atoms. The number of halogens is 3. The van der Waals surface area contributed by atoms with E-state index in [1.54, 1.807) is 0 Å². The number of nitrogens with two attached hydrogens (primary N) is 1. The van der Waals surface area contributed by atoms with E-state index in [4.69, 9.17) is 10.6 Å². The summed E-state index contributed by atoms with van der Waals surface area (Å²) < 4.78 is 42.1. The Morgan fingerprint density at radius 3 is 2.56 bits per heavy atom. The fourth-order valence-electron chi connectivity index (χ4n) is 1.09. The lowest BCUT2D eigenvalue weighted by Gasteiger charge is -2.09. The molecule has 0 saturated heterocycles. The van der Waals surface area contributed by atoms with E-state index in [9.17, 15) is 13.2 Å². The van der Waals surface area contributed by atoms with Gasteiger partial charge in [-0.25, -0.2) is 5.90 Å². The van der Waals surface area contributed by atoms with E-state index in [1.807, 2.05) is 0 Å². The van der Waals surface area contributed by atoms with Gasteiger partial charge < -0.3 is 9.57 Å². The number of rotatable bonds is 5. The Morgan fingerprint density at radius 1 is 1.19 bits per heavy atom. The van der Waals surface area contributed by atoms with Gasteiger partial charge in [0.1, 0.15) is 5.75 Å². The van der Waals surface area contributed by atoms with Crippen LogP contribution in [0.15, 0.2) is 24.3 Å². The lowest BCUT2D eigenvalue weighted by atomic mass is 10.2. The van der Waals surface area contributed by atoms with Gasteiger partial charge in [-0.05, 0) is 18.2 Å².